The minimum absolute atomic E-state index is 0.0867. The molecule has 1 N–H and O–H groups in total. The van der Waals surface area contributed by atoms with Crippen molar-refractivity contribution in [3.05, 3.63) is 33.8 Å². The molecule has 106 valence electrons. The summed E-state index contributed by atoms with van der Waals surface area (Å²) in [6, 6.07) is 2.40. The van der Waals surface area contributed by atoms with Gasteiger partial charge in [-0.25, -0.2) is 4.68 Å². The second-order valence-corrected chi connectivity index (χ2v) is 6.08. The van der Waals surface area contributed by atoms with Crippen LogP contribution in [0.5, 0.6) is 0 Å². The van der Waals surface area contributed by atoms with Gasteiger partial charge >= 0.3 is 0 Å². The molecule has 3 heterocycles. The van der Waals surface area contributed by atoms with Gasteiger partial charge in [0, 0.05) is 25.0 Å². The average molecular weight is 291 g/mol. The number of carbonyl (C=O) groups excluding carboxylic acids is 1. The van der Waals surface area contributed by atoms with Crippen molar-refractivity contribution in [3.63, 3.8) is 0 Å². The van der Waals surface area contributed by atoms with E-state index >= 15 is 0 Å². The largest absolute Gasteiger partial charge is 0.335 e. The van der Waals surface area contributed by atoms with Crippen LogP contribution in [0.1, 0.15) is 27.0 Å². The molecule has 20 heavy (non-hydrogen) atoms. The van der Waals surface area contributed by atoms with Crippen molar-refractivity contribution in [2.24, 2.45) is 0 Å². The Morgan fingerprint density at radius 3 is 3.00 bits per heavy atom. The van der Waals surface area contributed by atoms with Crippen molar-refractivity contribution in [1.82, 2.24) is 25.2 Å². The van der Waals surface area contributed by atoms with E-state index in [9.17, 15) is 4.79 Å². The molecule has 7 heteroatoms. The fourth-order valence-electron chi connectivity index (χ4n) is 2.06. The third-order valence-corrected chi connectivity index (χ3v) is 4.57. The molecule has 1 fully saturated rings. The Kier molecular flexibility index (Phi) is 3.54. The van der Waals surface area contributed by atoms with Crippen LogP contribution in [0.15, 0.2) is 17.6 Å². The van der Waals surface area contributed by atoms with E-state index in [4.69, 9.17) is 0 Å². The zero-order valence-corrected chi connectivity index (χ0v) is 12.4. The summed E-state index contributed by atoms with van der Waals surface area (Å²) in [4.78, 5) is 15.2. The molecule has 0 bridgehead atoms. The molecule has 6 nitrogen and oxygen atoms in total. The molecule has 1 aliphatic heterocycles. The number of hydrogen-bond acceptors (Lipinski definition) is 5. The second kappa shape index (κ2) is 5.34. The number of amides is 1. The summed E-state index contributed by atoms with van der Waals surface area (Å²) in [5.41, 5.74) is 1.63. The zero-order valence-electron chi connectivity index (χ0n) is 11.5. The highest BCUT2D eigenvalue weighted by molar-refractivity contribution is 7.10. The first kappa shape index (κ1) is 13.3. The first-order valence-electron chi connectivity index (χ1n) is 6.56. The summed E-state index contributed by atoms with van der Waals surface area (Å²) >= 11 is 1.67. The van der Waals surface area contributed by atoms with E-state index in [1.54, 1.807) is 34.2 Å². The lowest BCUT2D eigenvalue weighted by atomic mass is 10.2. The van der Waals surface area contributed by atoms with Crippen LogP contribution >= 0.6 is 11.3 Å². The van der Waals surface area contributed by atoms with Crippen molar-refractivity contribution in [1.29, 1.82) is 0 Å². The maximum Gasteiger partial charge on any atom is 0.276 e. The SMILES string of the molecule is Cc1ccsc1CN(C)C(=O)c1cn(C2CNC2)nn1. The van der Waals surface area contributed by atoms with Gasteiger partial charge in [-0.3, -0.25) is 4.79 Å². The van der Waals surface area contributed by atoms with Crippen LogP contribution in [-0.2, 0) is 6.54 Å². The van der Waals surface area contributed by atoms with Gasteiger partial charge in [0.1, 0.15) is 0 Å². The molecule has 0 spiro atoms. The first-order valence-corrected chi connectivity index (χ1v) is 7.44. The molecule has 1 aliphatic rings. The van der Waals surface area contributed by atoms with Crippen molar-refractivity contribution < 1.29 is 4.79 Å². The van der Waals surface area contributed by atoms with E-state index in [2.05, 4.69) is 28.6 Å². The third kappa shape index (κ3) is 2.46. The molecule has 2 aromatic heterocycles. The fraction of sp³-hybridized carbons (Fsp3) is 0.462. The summed E-state index contributed by atoms with van der Waals surface area (Å²) < 4.78 is 1.77. The minimum atomic E-state index is -0.0867. The number of aryl methyl sites for hydroxylation is 1. The Hall–Kier alpha value is -1.73. The molecule has 0 atom stereocenters. The quantitative estimate of drug-likeness (QED) is 0.915. The van der Waals surface area contributed by atoms with Gasteiger partial charge in [0.15, 0.2) is 5.69 Å². The molecule has 0 saturated carbocycles. The number of thiophene rings is 1. The van der Waals surface area contributed by atoms with Gasteiger partial charge in [0.05, 0.1) is 18.8 Å². The lowest BCUT2D eigenvalue weighted by molar-refractivity contribution is 0.0780. The lowest BCUT2D eigenvalue weighted by Gasteiger charge is -2.26. The van der Waals surface area contributed by atoms with E-state index in [1.807, 2.05) is 5.38 Å². The Labute approximate surface area is 121 Å². The zero-order chi connectivity index (χ0) is 14.1. The summed E-state index contributed by atoms with van der Waals surface area (Å²) in [5.74, 6) is -0.0867. The van der Waals surface area contributed by atoms with Gasteiger partial charge in [-0.2, -0.15) is 0 Å². The van der Waals surface area contributed by atoms with Crippen LogP contribution in [0.2, 0.25) is 0 Å². The van der Waals surface area contributed by atoms with Gasteiger partial charge in [-0.05, 0) is 23.9 Å². The average Bonchev–Trinajstić information content (AvgIpc) is 2.97. The number of rotatable bonds is 4. The van der Waals surface area contributed by atoms with E-state index in [0.717, 1.165) is 13.1 Å². The van der Waals surface area contributed by atoms with Gasteiger partial charge in [0.2, 0.25) is 0 Å². The van der Waals surface area contributed by atoms with E-state index in [-0.39, 0.29) is 5.91 Å². The minimum Gasteiger partial charge on any atom is -0.335 e. The maximum atomic E-state index is 12.3. The standard InChI is InChI=1S/C13H17N5OS/c1-9-3-4-20-12(9)8-17(2)13(19)11-7-18(16-15-11)10-5-14-6-10/h3-4,7,10,14H,5-6,8H2,1-2H3. The van der Waals surface area contributed by atoms with E-state index < -0.39 is 0 Å². The normalized spacial score (nSPS) is 15.1. The number of carbonyl (C=O) groups is 1. The van der Waals surface area contributed by atoms with Crippen LogP contribution in [0.3, 0.4) is 0 Å². The van der Waals surface area contributed by atoms with Crippen molar-refractivity contribution in [2.45, 2.75) is 19.5 Å². The summed E-state index contributed by atoms with van der Waals surface area (Å²) in [6.07, 6.45) is 1.74. The number of hydrogen-bond donors (Lipinski definition) is 1. The smallest absolute Gasteiger partial charge is 0.276 e. The van der Waals surface area contributed by atoms with Crippen LogP contribution < -0.4 is 5.32 Å². The predicted octanol–water partition coefficient (Wildman–Crippen LogP) is 1.06. The molecule has 0 aromatic carbocycles. The summed E-state index contributed by atoms with van der Waals surface area (Å²) in [7, 11) is 1.80. The third-order valence-electron chi connectivity index (χ3n) is 3.56. The molecule has 1 amide bonds. The first-order chi connectivity index (χ1) is 9.65. The van der Waals surface area contributed by atoms with Crippen molar-refractivity contribution in [2.75, 3.05) is 20.1 Å². The molecule has 1 saturated heterocycles. The van der Waals surface area contributed by atoms with Crippen molar-refractivity contribution in [3.8, 4) is 0 Å². The van der Waals surface area contributed by atoms with Gasteiger partial charge in [0.25, 0.3) is 5.91 Å². The molecule has 2 aromatic rings. The predicted molar refractivity (Wildman–Crippen MR) is 76.8 cm³/mol. The molecule has 0 aliphatic carbocycles. The maximum absolute atomic E-state index is 12.3. The highest BCUT2D eigenvalue weighted by atomic mass is 32.1. The fourth-order valence-corrected chi connectivity index (χ4v) is 3.02. The van der Waals surface area contributed by atoms with E-state index in [1.165, 1.54) is 10.4 Å². The van der Waals surface area contributed by atoms with Gasteiger partial charge < -0.3 is 10.2 Å². The monoisotopic (exact) mass is 291 g/mol. The molecule has 0 radical (unpaired) electrons. The molecule has 3 rings (SSSR count). The topological polar surface area (TPSA) is 63.1 Å². The highest BCUT2D eigenvalue weighted by Gasteiger charge is 2.23. The summed E-state index contributed by atoms with van der Waals surface area (Å²) in [6.45, 7) is 4.45. The van der Waals surface area contributed by atoms with E-state index in [0.29, 0.717) is 18.3 Å². The Balaban J connectivity index is 1.68. The van der Waals surface area contributed by atoms with Gasteiger partial charge in [-0.1, -0.05) is 5.21 Å². The van der Waals surface area contributed by atoms with Gasteiger partial charge in [-0.15, -0.1) is 16.4 Å². The van der Waals surface area contributed by atoms with Crippen molar-refractivity contribution >= 4 is 17.2 Å². The molecule has 0 unspecified atom stereocenters. The van der Waals surface area contributed by atoms with Crippen LogP contribution in [-0.4, -0.2) is 45.9 Å². The second-order valence-electron chi connectivity index (χ2n) is 5.08. The number of aromatic nitrogens is 3. The van der Waals surface area contributed by atoms with Crippen LogP contribution in [0, 0.1) is 6.92 Å². The van der Waals surface area contributed by atoms with Crippen LogP contribution in [0.25, 0.3) is 0 Å². The Morgan fingerprint density at radius 2 is 2.40 bits per heavy atom. The molecular formula is C13H17N5OS. The number of nitrogens with zero attached hydrogens (tertiary/aromatic N) is 4. The Morgan fingerprint density at radius 1 is 1.60 bits per heavy atom. The highest BCUT2D eigenvalue weighted by Crippen LogP contribution is 2.18. The summed E-state index contributed by atoms with van der Waals surface area (Å²) in [5, 5.41) is 13.2. The van der Waals surface area contributed by atoms with Crippen LogP contribution in [0.4, 0.5) is 0 Å². The molecular weight excluding hydrogens is 274 g/mol. The lowest BCUT2D eigenvalue weighted by Crippen LogP contribution is -2.43. The Bertz CT molecular complexity index is 616. The number of nitrogens with one attached hydrogen (secondary N) is 1.